The average Bonchev–Trinajstić information content (AvgIpc) is 1.86. The summed E-state index contributed by atoms with van der Waals surface area (Å²) in [6.07, 6.45) is -1.36. The van der Waals surface area contributed by atoms with E-state index in [0.717, 1.165) is 0 Å². The van der Waals surface area contributed by atoms with Gasteiger partial charge in [-0.25, -0.2) is 4.79 Å². The van der Waals surface area contributed by atoms with E-state index in [2.05, 4.69) is 4.74 Å². The molecule has 0 amide bonds. The summed E-state index contributed by atoms with van der Waals surface area (Å²) < 4.78 is 9.23. The highest BCUT2D eigenvalue weighted by molar-refractivity contribution is 5.56. The second-order valence-electron chi connectivity index (χ2n) is 1.68. The zero-order valence-electron chi connectivity index (χ0n) is 6.16. The lowest BCUT2D eigenvalue weighted by Gasteiger charge is -2.12. The standard InChI is InChI=1S/C6H12O4/c1-3-5(9-4-2)10-6(7)8/h5H,3-4H2,1-2H3,(H,7,8). The van der Waals surface area contributed by atoms with Crippen LogP contribution >= 0.6 is 0 Å². The third-order valence-electron chi connectivity index (χ3n) is 0.918. The van der Waals surface area contributed by atoms with Crippen molar-refractivity contribution in [3.63, 3.8) is 0 Å². The Morgan fingerprint density at radius 2 is 2.20 bits per heavy atom. The average molecular weight is 148 g/mol. The van der Waals surface area contributed by atoms with Crippen molar-refractivity contribution >= 4 is 6.16 Å². The lowest BCUT2D eigenvalue weighted by Crippen LogP contribution is -2.19. The molecule has 0 spiro atoms. The molecule has 0 aliphatic carbocycles. The fourth-order valence-electron chi connectivity index (χ4n) is 0.534. The molecule has 1 atom stereocenters. The molecular weight excluding hydrogens is 136 g/mol. The van der Waals surface area contributed by atoms with Crippen LogP contribution in [0, 0.1) is 0 Å². The molecule has 0 aliphatic rings. The van der Waals surface area contributed by atoms with Gasteiger partial charge in [0.2, 0.25) is 6.29 Å². The molecule has 0 heterocycles. The third kappa shape index (κ3) is 4.14. The summed E-state index contributed by atoms with van der Waals surface area (Å²) in [6.45, 7) is 4.04. The first-order valence-corrected chi connectivity index (χ1v) is 3.21. The molecule has 1 N–H and O–H groups in total. The van der Waals surface area contributed by atoms with Crippen molar-refractivity contribution in [3.05, 3.63) is 0 Å². The molecule has 1 unspecified atom stereocenters. The molecule has 0 aliphatic heterocycles. The van der Waals surface area contributed by atoms with Crippen molar-refractivity contribution in [1.82, 2.24) is 0 Å². The van der Waals surface area contributed by atoms with Crippen LogP contribution in [-0.2, 0) is 9.47 Å². The summed E-state index contributed by atoms with van der Waals surface area (Å²) >= 11 is 0. The molecule has 0 aromatic rings. The Balaban J connectivity index is 3.49. The first-order chi connectivity index (χ1) is 4.70. The van der Waals surface area contributed by atoms with Crippen molar-refractivity contribution in [1.29, 1.82) is 0 Å². The Kier molecular flexibility index (Phi) is 4.66. The van der Waals surface area contributed by atoms with Gasteiger partial charge in [-0.05, 0) is 6.92 Å². The molecule has 4 nitrogen and oxygen atoms in total. The molecule has 0 radical (unpaired) electrons. The third-order valence-corrected chi connectivity index (χ3v) is 0.918. The number of carboxylic acid groups (broad SMARTS) is 1. The Morgan fingerprint density at radius 3 is 2.50 bits per heavy atom. The van der Waals surface area contributed by atoms with E-state index < -0.39 is 12.4 Å². The van der Waals surface area contributed by atoms with Gasteiger partial charge in [0.15, 0.2) is 0 Å². The fourth-order valence-corrected chi connectivity index (χ4v) is 0.534. The van der Waals surface area contributed by atoms with Crippen LogP contribution in [0.5, 0.6) is 0 Å². The maximum Gasteiger partial charge on any atom is 0.508 e. The fraction of sp³-hybridized carbons (Fsp3) is 0.833. The van der Waals surface area contributed by atoms with E-state index in [-0.39, 0.29) is 0 Å². The Morgan fingerprint density at radius 1 is 1.60 bits per heavy atom. The van der Waals surface area contributed by atoms with Gasteiger partial charge in [-0.15, -0.1) is 0 Å². The summed E-state index contributed by atoms with van der Waals surface area (Å²) in [5.41, 5.74) is 0. The molecule has 0 fully saturated rings. The summed E-state index contributed by atoms with van der Waals surface area (Å²) in [5, 5.41) is 8.14. The highest BCUT2D eigenvalue weighted by Crippen LogP contribution is 1.99. The zero-order chi connectivity index (χ0) is 7.98. The summed E-state index contributed by atoms with van der Waals surface area (Å²) in [6, 6.07) is 0. The predicted molar refractivity (Wildman–Crippen MR) is 34.8 cm³/mol. The van der Waals surface area contributed by atoms with Crippen LogP contribution in [0.15, 0.2) is 0 Å². The van der Waals surface area contributed by atoms with E-state index in [1.165, 1.54) is 0 Å². The van der Waals surface area contributed by atoms with E-state index in [9.17, 15) is 4.79 Å². The molecule has 0 saturated carbocycles. The Hall–Kier alpha value is -0.770. The van der Waals surface area contributed by atoms with Crippen molar-refractivity contribution in [2.75, 3.05) is 6.61 Å². The zero-order valence-corrected chi connectivity index (χ0v) is 6.16. The van der Waals surface area contributed by atoms with Crippen molar-refractivity contribution < 1.29 is 19.4 Å². The van der Waals surface area contributed by atoms with Gasteiger partial charge in [0, 0.05) is 13.0 Å². The van der Waals surface area contributed by atoms with Gasteiger partial charge in [-0.2, -0.15) is 0 Å². The summed E-state index contributed by atoms with van der Waals surface area (Å²) in [7, 11) is 0. The quantitative estimate of drug-likeness (QED) is 0.484. The normalized spacial score (nSPS) is 12.6. The SMILES string of the molecule is CCOC(CC)OC(=O)O. The van der Waals surface area contributed by atoms with Crippen LogP contribution in [0.25, 0.3) is 0 Å². The van der Waals surface area contributed by atoms with Crippen molar-refractivity contribution in [2.24, 2.45) is 0 Å². The summed E-state index contributed by atoms with van der Waals surface area (Å²) in [5.74, 6) is 0. The molecule has 4 heteroatoms. The monoisotopic (exact) mass is 148 g/mol. The number of carbonyl (C=O) groups is 1. The second kappa shape index (κ2) is 5.05. The van der Waals surface area contributed by atoms with Crippen LogP contribution in [0.3, 0.4) is 0 Å². The largest absolute Gasteiger partial charge is 0.508 e. The minimum atomic E-state index is -1.29. The van der Waals surface area contributed by atoms with Gasteiger partial charge in [-0.3, -0.25) is 0 Å². The van der Waals surface area contributed by atoms with Gasteiger partial charge >= 0.3 is 6.16 Å². The van der Waals surface area contributed by atoms with Crippen LogP contribution in [-0.4, -0.2) is 24.2 Å². The van der Waals surface area contributed by atoms with Gasteiger partial charge < -0.3 is 14.6 Å². The molecule has 60 valence electrons. The number of hydrogen-bond acceptors (Lipinski definition) is 3. The van der Waals surface area contributed by atoms with Crippen LogP contribution < -0.4 is 0 Å². The van der Waals surface area contributed by atoms with Crippen LogP contribution in [0.2, 0.25) is 0 Å². The molecule has 10 heavy (non-hydrogen) atoms. The van der Waals surface area contributed by atoms with Gasteiger partial charge in [-0.1, -0.05) is 6.92 Å². The van der Waals surface area contributed by atoms with Gasteiger partial charge in [0.1, 0.15) is 0 Å². The second-order valence-corrected chi connectivity index (χ2v) is 1.68. The van der Waals surface area contributed by atoms with Crippen LogP contribution in [0.1, 0.15) is 20.3 Å². The molecule has 0 rings (SSSR count). The molecule has 0 aromatic carbocycles. The highest BCUT2D eigenvalue weighted by Gasteiger charge is 2.09. The first kappa shape index (κ1) is 9.23. The van der Waals surface area contributed by atoms with Crippen molar-refractivity contribution in [3.8, 4) is 0 Å². The molecule has 0 saturated heterocycles. The van der Waals surface area contributed by atoms with E-state index in [1.54, 1.807) is 13.8 Å². The van der Waals surface area contributed by atoms with Gasteiger partial charge in [0.05, 0.1) is 0 Å². The Labute approximate surface area is 59.7 Å². The van der Waals surface area contributed by atoms with E-state index in [1.807, 2.05) is 0 Å². The van der Waals surface area contributed by atoms with E-state index in [4.69, 9.17) is 9.84 Å². The topological polar surface area (TPSA) is 55.8 Å². The minimum Gasteiger partial charge on any atom is -0.450 e. The predicted octanol–water partition coefficient (Wildman–Crippen LogP) is 1.45. The number of hydrogen-bond donors (Lipinski definition) is 1. The maximum atomic E-state index is 9.94. The van der Waals surface area contributed by atoms with E-state index in [0.29, 0.717) is 13.0 Å². The molecular formula is C6H12O4. The maximum absolute atomic E-state index is 9.94. The van der Waals surface area contributed by atoms with E-state index >= 15 is 0 Å². The minimum absolute atomic E-state index is 0.464. The van der Waals surface area contributed by atoms with Gasteiger partial charge in [0.25, 0.3) is 0 Å². The van der Waals surface area contributed by atoms with Crippen LogP contribution in [0.4, 0.5) is 4.79 Å². The summed E-state index contributed by atoms with van der Waals surface area (Å²) in [4.78, 5) is 9.94. The smallest absolute Gasteiger partial charge is 0.450 e. The Bertz CT molecular complexity index is 102. The van der Waals surface area contributed by atoms with Crippen molar-refractivity contribution in [2.45, 2.75) is 26.6 Å². The number of rotatable bonds is 4. The number of ether oxygens (including phenoxy) is 2. The lowest BCUT2D eigenvalue weighted by molar-refractivity contribution is -0.113. The molecule has 0 aromatic heterocycles. The highest BCUT2D eigenvalue weighted by atomic mass is 16.8. The first-order valence-electron chi connectivity index (χ1n) is 3.21. The molecule has 0 bridgehead atoms. The lowest BCUT2D eigenvalue weighted by atomic mass is 10.5.